The molecule has 2 saturated heterocycles. The van der Waals surface area contributed by atoms with Crippen LogP contribution in [0.4, 0.5) is 5.82 Å². The van der Waals surface area contributed by atoms with Gasteiger partial charge in [0, 0.05) is 14.2 Å². The van der Waals surface area contributed by atoms with Gasteiger partial charge in [-0.25, -0.2) is 15.0 Å². The lowest BCUT2D eigenvalue weighted by atomic mass is 10.1. The van der Waals surface area contributed by atoms with Gasteiger partial charge in [0.1, 0.15) is 30.2 Å². The third-order valence-corrected chi connectivity index (χ3v) is 4.01. The van der Waals surface area contributed by atoms with Crippen molar-refractivity contribution < 1.29 is 23.7 Å². The number of hydrogen-bond acceptors (Lipinski definition) is 9. The van der Waals surface area contributed by atoms with E-state index in [1.807, 2.05) is 0 Å². The number of ether oxygens (including phenoxy) is 5. The van der Waals surface area contributed by atoms with E-state index in [0.717, 1.165) is 0 Å². The predicted molar refractivity (Wildman–Crippen MR) is 76.1 cm³/mol. The zero-order valence-electron chi connectivity index (χ0n) is 12.7. The molecular formula is C13H17N5O5. The van der Waals surface area contributed by atoms with Gasteiger partial charge in [0.25, 0.3) is 6.48 Å². The molecule has 0 spiro atoms. The highest BCUT2D eigenvalue weighted by molar-refractivity contribution is 5.81. The van der Waals surface area contributed by atoms with Gasteiger partial charge >= 0.3 is 0 Å². The summed E-state index contributed by atoms with van der Waals surface area (Å²) in [6, 6.07) is 0. The molecule has 4 heterocycles. The van der Waals surface area contributed by atoms with Crippen LogP contribution in [0.2, 0.25) is 0 Å². The Hall–Kier alpha value is -1.85. The highest BCUT2D eigenvalue weighted by atomic mass is 16.9. The zero-order chi connectivity index (χ0) is 16.0. The Balaban J connectivity index is 1.71. The molecule has 124 valence electrons. The van der Waals surface area contributed by atoms with Crippen LogP contribution in [-0.4, -0.2) is 65.1 Å². The Morgan fingerprint density at radius 3 is 2.78 bits per heavy atom. The van der Waals surface area contributed by atoms with Gasteiger partial charge in [0.15, 0.2) is 17.7 Å². The molecule has 2 fully saturated rings. The number of hydrogen-bond donors (Lipinski definition) is 1. The van der Waals surface area contributed by atoms with Gasteiger partial charge in [-0.2, -0.15) is 0 Å². The fraction of sp³-hybridized carbons (Fsp3) is 0.615. The van der Waals surface area contributed by atoms with Gasteiger partial charge in [-0.3, -0.25) is 4.57 Å². The number of nitrogens with zero attached hydrogens (tertiary/aromatic N) is 4. The summed E-state index contributed by atoms with van der Waals surface area (Å²) in [5.41, 5.74) is 6.92. The molecule has 0 bridgehead atoms. The van der Waals surface area contributed by atoms with Gasteiger partial charge in [-0.05, 0) is 0 Å². The Kier molecular flexibility index (Phi) is 3.62. The number of nitrogen functional groups attached to an aromatic ring is 1. The van der Waals surface area contributed by atoms with E-state index in [9.17, 15) is 0 Å². The SMILES string of the molecule is COC[C@H]1O[C@@H](n2cnc3c(N)ncnc32)[C@H]2OC(OC)OC12. The van der Waals surface area contributed by atoms with E-state index in [4.69, 9.17) is 29.4 Å². The quantitative estimate of drug-likeness (QED) is 0.807. The highest BCUT2D eigenvalue weighted by Gasteiger charge is 2.54. The van der Waals surface area contributed by atoms with Gasteiger partial charge in [0.05, 0.1) is 12.9 Å². The molecule has 0 amide bonds. The summed E-state index contributed by atoms with van der Waals surface area (Å²) in [6.45, 7) is -0.355. The van der Waals surface area contributed by atoms with Crippen molar-refractivity contribution in [2.45, 2.75) is 31.0 Å². The van der Waals surface area contributed by atoms with Gasteiger partial charge in [-0.1, -0.05) is 0 Å². The van der Waals surface area contributed by atoms with Gasteiger partial charge in [-0.15, -0.1) is 0 Å². The average Bonchev–Trinajstić information content (AvgIpc) is 3.22. The molecule has 2 aliphatic rings. The molecule has 2 aromatic heterocycles. The first-order valence-electron chi connectivity index (χ1n) is 7.14. The molecule has 0 radical (unpaired) electrons. The predicted octanol–water partition coefficient (Wildman–Crippen LogP) is -0.334. The lowest BCUT2D eigenvalue weighted by Gasteiger charge is -2.20. The van der Waals surface area contributed by atoms with E-state index in [-0.39, 0.29) is 18.3 Å². The zero-order valence-corrected chi connectivity index (χ0v) is 12.7. The minimum atomic E-state index is -0.731. The van der Waals surface area contributed by atoms with Crippen LogP contribution in [0.3, 0.4) is 0 Å². The van der Waals surface area contributed by atoms with Crippen molar-refractivity contribution in [3.63, 3.8) is 0 Å². The fourth-order valence-corrected chi connectivity index (χ4v) is 3.00. The monoisotopic (exact) mass is 323 g/mol. The smallest absolute Gasteiger partial charge is 0.272 e. The maximum absolute atomic E-state index is 6.05. The molecule has 0 saturated carbocycles. The molecule has 4 rings (SSSR count). The van der Waals surface area contributed by atoms with Crippen molar-refractivity contribution in [2.75, 3.05) is 26.6 Å². The van der Waals surface area contributed by atoms with Gasteiger partial charge in [0.2, 0.25) is 0 Å². The summed E-state index contributed by atoms with van der Waals surface area (Å²) < 4.78 is 29.7. The minimum absolute atomic E-state index is 0.285. The van der Waals surface area contributed by atoms with Crippen LogP contribution in [0.5, 0.6) is 0 Å². The van der Waals surface area contributed by atoms with Gasteiger partial charge < -0.3 is 29.4 Å². The van der Waals surface area contributed by atoms with Crippen LogP contribution < -0.4 is 5.73 Å². The first-order chi connectivity index (χ1) is 11.2. The molecule has 0 aromatic carbocycles. The molecule has 2 N–H and O–H groups in total. The molecule has 10 nitrogen and oxygen atoms in total. The first-order valence-corrected chi connectivity index (χ1v) is 7.14. The number of rotatable bonds is 4. The van der Waals surface area contributed by atoms with Crippen LogP contribution >= 0.6 is 0 Å². The first kappa shape index (κ1) is 14.7. The molecule has 5 atom stereocenters. The summed E-state index contributed by atoms with van der Waals surface area (Å²) in [6.07, 6.45) is 1.57. The lowest BCUT2D eigenvalue weighted by Crippen LogP contribution is -2.31. The second kappa shape index (κ2) is 5.65. The van der Waals surface area contributed by atoms with Crippen LogP contribution in [-0.2, 0) is 23.7 Å². The summed E-state index contributed by atoms with van der Waals surface area (Å²) in [5.74, 6) is 0.315. The van der Waals surface area contributed by atoms with Crippen molar-refractivity contribution in [2.24, 2.45) is 0 Å². The van der Waals surface area contributed by atoms with Crippen molar-refractivity contribution >= 4 is 17.0 Å². The molecule has 10 heteroatoms. The van der Waals surface area contributed by atoms with Crippen molar-refractivity contribution in [3.05, 3.63) is 12.7 Å². The normalized spacial score (nSPS) is 33.4. The summed E-state index contributed by atoms with van der Waals surface area (Å²) in [5, 5.41) is 0. The number of fused-ring (bicyclic) bond motifs is 2. The molecule has 2 aliphatic heterocycles. The Labute approximate surface area is 131 Å². The summed E-state index contributed by atoms with van der Waals surface area (Å²) in [7, 11) is 3.13. The summed E-state index contributed by atoms with van der Waals surface area (Å²) in [4.78, 5) is 12.4. The highest BCUT2D eigenvalue weighted by Crippen LogP contribution is 2.40. The third kappa shape index (κ3) is 2.26. The van der Waals surface area contributed by atoms with Crippen molar-refractivity contribution in [3.8, 4) is 0 Å². The minimum Gasteiger partial charge on any atom is -0.382 e. The van der Waals surface area contributed by atoms with E-state index in [2.05, 4.69) is 15.0 Å². The topological polar surface area (TPSA) is 116 Å². The van der Waals surface area contributed by atoms with E-state index in [1.54, 1.807) is 18.0 Å². The standard InChI is InChI=1S/C13H17N5O5/c1-19-3-6-8-9(23-13(20-2)22-8)12(21-6)18-5-17-7-10(14)15-4-16-11(7)18/h4-6,8-9,12-13H,3H2,1-2H3,(H2,14,15,16)/t6-,8?,9+,12-,13?/m1/s1. The summed E-state index contributed by atoms with van der Waals surface area (Å²) >= 11 is 0. The second-order valence-corrected chi connectivity index (χ2v) is 5.33. The lowest BCUT2D eigenvalue weighted by molar-refractivity contribution is -0.257. The number of nitrogens with two attached hydrogens (primary N) is 1. The molecular weight excluding hydrogens is 306 g/mol. The number of aromatic nitrogens is 4. The Bertz CT molecular complexity index is 709. The fourth-order valence-electron chi connectivity index (χ4n) is 3.00. The Morgan fingerprint density at radius 2 is 2.00 bits per heavy atom. The Morgan fingerprint density at radius 1 is 1.17 bits per heavy atom. The van der Waals surface area contributed by atoms with Crippen molar-refractivity contribution in [1.29, 1.82) is 0 Å². The number of methoxy groups -OCH3 is 2. The number of imidazole rings is 1. The van der Waals surface area contributed by atoms with Crippen LogP contribution in [0.25, 0.3) is 11.2 Å². The van der Waals surface area contributed by atoms with E-state index >= 15 is 0 Å². The largest absolute Gasteiger partial charge is 0.382 e. The van der Waals surface area contributed by atoms with Crippen LogP contribution in [0.1, 0.15) is 6.23 Å². The van der Waals surface area contributed by atoms with E-state index in [1.165, 1.54) is 13.4 Å². The second-order valence-electron chi connectivity index (χ2n) is 5.33. The maximum atomic E-state index is 6.05. The van der Waals surface area contributed by atoms with Crippen molar-refractivity contribution in [1.82, 2.24) is 19.5 Å². The van der Waals surface area contributed by atoms with Crippen LogP contribution in [0, 0.1) is 0 Å². The molecule has 0 aliphatic carbocycles. The average molecular weight is 323 g/mol. The molecule has 2 aromatic rings. The van der Waals surface area contributed by atoms with Crippen LogP contribution in [0.15, 0.2) is 12.7 Å². The maximum Gasteiger partial charge on any atom is 0.272 e. The molecule has 23 heavy (non-hydrogen) atoms. The third-order valence-electron chi connectivity index (χ3n) is 4.01. The number of anilines is 1. The van der Waals surface area contributed by atoms with E-state index in [0.29, 0.717) is 23.6 Å². The van der Waals surface area contributed by atoms with E-state index < -0.39 is 12.7 Å². The molecule has 2 unspecified atom stereocenters.